The molecule has 0 spiro atoms. The van der Waals surface area contributed by atoms with Crippen molar-refractivity contribution >= 4 is 5.69 Å². The lowest BCUT2D eigenvalue weighted by Crippen LogP contribution is -2.23. The highest BCUT2D eigenvalue weighted by molar-refractivity contribution is 5.51. The Morgan fingerprint density at radius 2 is 1.93 bits per heavy atom. The van der Waals surface area contributed by atoms with Gasteiger partial charge >= 0.3 is 0 Å². The monoisotopic (exact) mass is 217 g/mol. The average molecular weight is 217 g/mol. The van der Waals surface area contributed by atoms with Crippen molar-refractivity contribution < 1.29 is 19.0 Å². The Balaban J connectivity index is 2.67. The Morgan fingerprint density at radius 1 is 1.27 bits per heavy atom. The number of halogens is 2. The quantitative estimate of drug-likeness (QED) is 0.698. The summed E-state index contributed by atoms with van der Waals surface area (Å²) in [5.41, 5.74) is 0.169. The van der Waals surface area contributed by atoms with Gasteiger partial charge in [0.25, 0.3) is 6.43 Å². The Kier molecular flexibility index (Phi) is 4.45. The smallest absolute Gasteiger partial charge is 0.265 e. The molecule has 0 aliphatic carbocycles. The minimum Gasteiger partial charge on any atom is -0.394 e. The van der Waals surface area contributed by atoms with E-state index in [0.717, 1.165) is 0 Å². The van der Waals surface area contributed by atoms with E-state index in [1.807, 2.05) is 0 Å². The van der Waals surface area contributed by atoms with E-state index in [2.05, 4.69) is 5.32 Å². The summed E-state index contributed by atoms with van der Waals surface area (Å²) in [5.74, 6) is 0. The Bertz CT molecular complexity index is 307. The van der Waals surface area contributed by atoms with Gasteiger partial charge in [0.15, 0.2) is 0 Å². The summed E-state index contributed by atoms with van der Waals surface area (Å²) in [6, 6.07) is 5.97. The number of aliphatic hydroxyl groups is 2. The van der Waals surface area contributed by atoms with Crippen LogP contribution in [0.4, 0.5) is 14.5 Å². The van der Waals surface area contributed by atoms with Crippen LogP contribution in [0.15, 0.2) is 24.3 Å². The first kappa shape index (κ1) is 11.9. The summed E-state index contributed by atoms with van der Waals surface area (Å²) in [6.07, 6.45) is -3.50. The zero-order valence-corrected chi connectivity index (χ0v) is 8.03. The molecule has 0 saturated carbocycles. The fraction of sp³-hybridized carbons (Fsp3) is 0.400. The number of para-hydroxylation sites is 1. The van der Waals surface area contributed by atoms with Gasteiger partial charge in [-0.15, -0.1) is 0 Å². The lowest BCUT2D eigenvalue weighted by Gasteiger charge is -2.13. The van der Waals surface area contributed by atoms with Crippen molar-refractivity contribution in [3.8, 4) is 0 Å². The molecule has 0 fully saturated rings. The standard InChI is InChI=1S/C10H13F2NO2/c11-10(12)8-3-1-2-4-9(8)13-5-7(15)6-14/h1-4,7,10,13-15H,5-6H2. The molecule has 0 aromatic heterocycles. The SMILES string of the molecule is OCC(O)CNc1ccccc1C(F)F. The molecule has 0 amide bonds. The van der Waals surface area contributed by atoms with E-state index in [1.165, 1.54) is 18.2 Å². The normalized spacial score (nSPS) is 12.9. The van der Waals surface area contributed by atoms with Crippen molar-refractivity contribution in [3.63, 3.8) is 0 Å². The van der Waals surface area contributed by atoms with Crippen molar-refractivity contribution in [1.82, 2.24) is 0 Å². The van der Waals surface area contributed by atoms with Crippen molar-refractivity contribution in [1.29, 1.82) is 0 Å². The number of anilines is 1. The summed E-state index contributed by atoms with van der Waals surface area (Å²) in [6.45, 7) is -0.357. The molecule has 3 N–H and O–H groups in total. The fourth-order valence-corrected chi connectivity index (χ4v) is 1.14. The third-order valence-corrected chi connectivity index (χ3v) is 1.93. The lowest BCUT2D eigenvalue weighted by atomic mass is 10.2. The molecule has 84 valence electrons. The second-order valence-electron chi connectivity index (χ2n) is 3.11. The van der Waals surface area contributed by atoms with Gasteiger partial charge in [0, 0.05) is 17.8 Å². The predicted molar refractivity (Wildman–Crippen MR) is 53.0 cm³/mol. The van der Waals surface area contributed by atoms with Crippen LogP contribution in [0.1, 0.15) is 12.0 Å². The second-order valence-corrected chi connectivity index (χ2v) is 3.11. The number of alkyl halides is 2. The van der Waals surface area contributed by atoms with E-state index >= 15 is 0 Å². The third-order valence-electron chi connectivity index (χ3n) is 1.93. The molecule has 15 heavy (non-hydrogen) atoms. The molecule has 1 aromatic carbocycles. The predicted octanol–water partition coefficient (Wildman–Crippen LogP) is 1.39. The highest BCUT2D eigenvalue weighted by Crippen LogP contribution is 2.26. The molecular weight excluding hydrogens is 204 g/mol. The second kappa shape index (κ2) is 5.63. The maximum atomic E-state index is 12.5. The van der Waals surface area contributed by atoms with Gasteiger partial charge in [-0.05, 0) is 6.07 Å². The van der Waals surface area contributed by atoms with E-state index < -0.39 is 19.1 Å². The van der Waals surface area contributed by atoms with Crippen molar-refractivity contribution in [2.75, 3.05) is 18.5 Å². The maximum absolute atomic E-state index is 12.5. The number of benzene rings is 1. The topological polar surface area (TPSA) is 52.5 Å². The molecule has 0 aliphatic rings. The molecule has 0 bridgehead atoms. The highest BCUT2D eigenvalue weighted by atomic mass is 19.3. The molecule has 1 aromatic rings. The van der Waals surface area contributed by atoms with Gasteiger partial charge in [0.1, 0.15) is 0 Å². The van der Waals surface area contributed by atoms with Crippen LogP contribution in [0.3, 0.4) is 0 Å². The van der Waals surface area contributed by atoms with Crippen LogP contribution < -0.4 is 5.32 Å². The first-order chi connectivity index (χ1) is 7.15. The molecule has 0 aliphatic heterocycles. The van der Waals surface area contributed by atoms with Crippen molar-refractivity contribution in [3.05, 3.63) is 29.8 Å². The van der Waals surface area contributed by atoms with Gasteiger partial charge in [0.05, 0.1) is 12.7 Å². The Morgan fingerprint density at radius 3 is 2.53 bits per heavy atom. The van der Waals surface area contributed by atoms with Crippen LogP contribution in [0, 0.1) is 0 Å². The first-order valence-corrected chi connectivity index (χ1v) is 4.55. The number of rotatable bonds is 5. The molecule has 5 heteroatoms. The van der Waals surface area contributed by atoms with E-state index in [9.17, 15) is 8.78 Å². The first-order valence-electron chi connectivity index (χ1n) is 4.55. The molecule has 0 saturated heterocycles. The average Bonchev–Trinajstić information content (AvgIpc) is 2.26. The van der Waals surface area contributed by atoms with Gasteiger partial charge in [-0.1, -0.05) is 18.2 Å². The summed E-state index contributed by atoms with van der Waals surface area (Å²) in [4.78, 5) is 0. The van der Waals surface area contributed by atoms with Crippen molar-refractivity contribution in [2.24, 2.45) is 0 Å². The Hall–Kier alpha value is -1.20. The zero-order chi connectivity index (χ0) is 11.3. The Labute approximate surface area is 86.4 Å². The van der Waals surface area contributed by atoms with Gasteiger partial charge < -0.3 is 15.5 Å². The minimum atomic E-state index is -2.56. The van der Waals surface area contributed by atoms with Crippen LogP contribution in [0.5, 0.6) is 0 Å². The van der Waals surface area contributed by atoms with Gasteiger partial charge in [-0.2, -0.15) is 0 Å². The van der Waals surface area contributed by atoms with Crippen LogP contribution in [0.2, 0.25) is 0 Å². The largest absolute Gasteiger partial charge is 0.394 e. The van der Waals surface area contributed by atoms with Crippen molar-refractivity contribution in [2.45, 2.75) is 12.5 Å². The van der Waals surface area contributed by atoms with Crippen LogP contribution >= 0.6 is 0 Å². The zero-order valence-electron chi connectivity index (χ0n) is 8.03. The number of hydrogen-bond donors (Lipinski definition) is 3. The molecule has 0 radical (unpaired) electrons. The molecule has 1 atom stereocenters. The summed E-state index contributed by atoms with van der Waals surface area (Å²) in [7, 11) is 0. The molecule has 0 heterocycles. The summed E-state index contributed by atoms with van der Waals surface area (Å²) in [5, 5.41) is 20.3. The number of nitrogens with one attached hydrogen (secondary N) is 1. The van der Waals surface area contributed by atoms with E-state index in [-0.39, 0.29) is 17.8 Å². The molecule has 1 unspecified atom stereocenters. The summed E-state index contributed by atoms with van der Waals surface area (Å²) < 4.78 is 25.0. The highest BCUT2D eigenvalue weighted by Gasteiger charge is 2.12. The number of hydrogen-bond acceptors (Lipinski definition) is 3. The molecule has 3 nitrogen and oxygen atoms in total. The molecular formula is C10H13F2NO2. The van der Waals surface area contributed by atoms with Gasteiger partial charge in [-0.25, -0.2) is 8.78 Å². The molecule has 1 rings (SSSR count). The van der Waals surface area contributed by atoms with E-state index in [4.69, 9.17) is 10.2 Å². The minimum absolute atomic E-state index is 0.0419. The lowest BCUT2D eigenvalue weighted by molar-refractivity contribution is 0.105. The van der Waals surface area contributed by atoms with E-state index in [1.54, 1.807) is 6.07 Å². The third kappa shape index (κ3) is 3.45. The van der Waals surface area contributed by atoms with Gasteiger partial charge in [-0.3, -0.25) is 0 Å². The van der Waals surface area contributed by atoms with Gasteiger partial charge in [0.2, 0.25) is 0 Å². The van der Waals surface area contributed by atoms with E-state index in [0.29, 0.717) is 0 Å². The van der Waals surface area contributed by atoms with Crippen LogP contribution in [-0.2, 0) is 0 Å². The van der Waals surface area contributed by atoms with Crippen LogP contribution in [0.25, 0.3) is 0 Å². The van der Waals surface area contributed by atoms with Crippen LogP contribution in [-0.4, -0.2) is 29.5 Å². The number of aliphatic hydroxyl groups excluding tert-OH is 2. The summed E-state index contributed by atoms with van der Waals surface area (Å²) >= 11 is 0. The fourth-order valence-electron chi connectivity index (χ4n) is 1.14. The maximum Gasteiger partial charge on any atom is 0.265 e.